The summed E-state index contributed by atoms with van der Waals surface area (Å²) < 4.78 is 0. The lowest BCUT2D eigenvalue weighted by molar-refractivity contribution is -0.142. The molecule has 0 radical (unpaired) electrons. The van der Waals surface area contributed by atoms with E-state index in [0.29, 0.717) is 17.8 Å². The van der Waals surface area contributed by atoms with Crippen LogP contribution in [0.2, 0.25) is 0 Å². The van der Waals surface area contributed by atoms with Crippen LogP contribution in [0.4, 0.5) is 0 Å². The molecule has 0 aliphatic carbocycles. The van der Waals surface area contributed by atoms with Crippen molar-refractivity contribution in [3.05, 3.63) is 36.4 Å². The van der Waals surface area contributed by atoms with Gasteiger partial charge in [-0.05, 0) is 18.3 Å². The van der Waals surface area contributed by atoms with E-state index in [1.807, 2.05) is 13.8 Å². The van der Waals surface area contributed by atoms with E-state index in [-0.39, 0.29) is 24.7 Å². The van der Waals surface area contributed by atoms with Gasteiger partial charge in [0.15, 0.2) is 0 Å². The number of aromatic nitrogens is 4. The molecule has 13 heteroatoms. The van der Waals surface area contributed by atoms with Crippen molar-refractivity contribution in [2.24, 2.45) is 17.6 Å². The molecule has 198 valence electrons. The minimum absolute atomic E-state index is 0.0229. The average Bonchev–Trinajstić information content (AvgIpc) is 3.50. The van der Waals surface area contributed by atoms with Crippen LogP contribution in [0, 0.1) is 11.8 Å². The Morgan fingerprint density at radius 1 is 0.833 bits per heavy atom. The molecule has 0 aromatic carbocycles. The maximum atomic E-state index is 13.2. The highest BCUT2D eigenvalue weighted by atomic mass is 16.4. The number of hydrogen-bond acceptors (Lipinski definition) is 7. The number of imidazole rings is 2. The Hall–Kier alpha value is -3.74. The van der Waals surface area contributed by atoms with E-state index in [9.17, 15) is 24.3 Å². The number of carboxylic acid groups (broad SMARTS) is 1. The Balaban J connectivity index is 2.20. The van der Waals surface area contributed by atoms with Gasteiger partial charge in [0, 0.05) is 36.6 Å². The second-order valence-electron chi connectivity index (χ2n) is 9.48. The fourth-order valence-corrected chi connectivity index (χ4v) is 3.46. The van der Waals surface area contributed by atoms with Gasteiger partial charge < -0.3 is 36.8 Å². The first-order chi connectivity index (χ1) is 17.0. The van der Waals surface area contributed by atoms with E-state index >= 15 is 0 Å². The molecule has 2 heterocycles. The Bertz CT molecular complexity index is 990. The topological polar surface area (TPSA) is 208 Å². The lowest BCUT2D eigenvalue weighted by Crippen LogP contribution is -2.58. The third kappa shape index (κ3) is 8.80. The Kier molecular flexibility index (Phi) is 10.6. The molecule has 0 saturated carbocycles. The predicted molar refractivity (Wildman–Crippen MR) is 130 cm³/mol. The van der Waals surface area contributed by atoms with Crippen LogP contribution >= 0.6 is 0 Å². The third-order valence-electron chi connectivity index (χ3n) is 5.57. The van der Waals surface area contributed by atoms with Gasteiger partial charge in [-0.1, -0.05) is 27.7 Å². The van der Waals surface area contributed by atoms with Crippen molar-refractivity contribution in [1.82, 2.24) is 35.9 Å². The molecule has 0 aliphatic heterocycles. The monoisotopic (exact) mass is 504 g/mol. The van der Waals surface area contributed by atoms with E-state index in [4.69, 9.17) is 5.73 Å². The van der Waals surface area contributed by atoms with Gasteiger partial charge in [0.2, 0.25) is 17.7 Å². The summed E-state index contributed by atoms with van der Waals surface area (Å²) in [5.74, 6) is -3.05. The predicted octanol–water partition coefficient (Wildman–Crippen LogP) is -0.514. The first kappa shape index (κ1) is 28.5. The summed E-state index contributed by atoms with van der Waals surface area (Å²) >= 11 is 0. The van der Waals surface area contributed by atoms with Crippen LogP contribution in [0.1, 0.15) is 45.5 Å². The van der Waals surface area contributed by atoms with E-state index in [2.05, 4.69) is 35.9 Å². The van der Waals surface area contributed by atoms with Crippen molar-refractivity contribution in [3.8, 4) is 0 Å². The molecular weight excluding hydrogens is 468 g/mol. The number of aromatic amines is 2. The summed E-state index contributed by atoms with van der Waals surface area (Å²) in [6.07, 6.45) is 6.13. The lowest BCUT2D eigenvalue weighted by Gasteiger charge is -2.26. The van der Waals surface area contributed by atoms with Crippen molar-refractivity contribution in [3.63, 3.8) is 0 Å². The number of hydrogen-bond donors (Lipinski definition) is 7. The van der Waals surface area contributed by atoms with E-state index in [1.165, 1.54) is 25.0 Å². The van der Waals surface area contributed by atoms with E-state index in [1.54, 1.807) is 13.8 Å². The summed E-state index contributed by atoms with van der Waals surface area (Å²) in [6.45, 7) is 7.40. The molecule has 2 aromatic heterocycles. The molecule has 2 aromatic rings. The van der Waals surface area contributed by atoms with Crippen molar-refractivity contribution in [2.45, 2.75) is 71.1 Å². The van der Waals surface area contributed by atoms with Gasteiger partial charge in [-0.2, -0.15) is 0 Å². The number of rotatable bonds is 14. The average molecular weight is 505 g/mol. The fourth-order valence-electron chi connectivity index (χ4n) is 3.46. The van der Waals surface area contributed by atoms with Crippen LogP contribution in [0.15, 0.2) is 25.0 Å². The van der Waals surface area contributed by atoms with Gasteiger partial charge in [-0.3, -0.25) is 14.4 Å². The highest BCUT2D eigenvalue weighted by Gasteiger charge is 2.31. The van der Waals surface area contributed by atoms with Crippen LogP contribution in [-0.2, 0) is 32.0 Å². The number of amides is 3. The molecule has 4 atom stereocenters. The molecule has 2 rings (SSSR count). The molecule has 13 nitrogen and oxygen atoms in total. The second-order valence-corrected chi connectivity index (χ2v) is 9.48. The first-order valence-electron chi connectivity index (χ1n) is 11.8. The maximum absolute atomic E-state index is 13.2. The minimum Gasteiger partial charge on any atom is -0.480 e. The lowest BCUT2D eigenvalue weighted by atomic mass is 10.00. The van der Waals surface area contributed by atoms with Crippen molar-refractivity contribution < 1.29 is 24.3 Å². The zero-order valence-electron chi connectivity index (χ0n) is 20.9. The SMILES string of the molecule is CC(C)CC(NC(=O)C(N)C(C)C)C(=O)NC(Cc1cnc[nH]1)C(=O)NC(Cc1cnc[nH]1)C(=O)O. The molecule has 8 N–H and O–H groups in total. The minimum atomic E-state index is -1.26. The molecule has 0 spiro atoms. The fraction of sp³-hybridized carbons (Fsp3) is 0.565. The Labute approximate surface area is 209 Å². The smallest absolute Gasteiger partial charge is 0.326 e. The number of carboxylic acids is 1. The molecule has 4 unspecified atom stereocenters. The summed E-state index contributed by atoms with van der Waals surface area (Å²) in [5.41, 5.74) is 7.02. The second kappa shape index (κ2) is 13.4. The number of aliphatic carboxylic acids is 1. The van der Waals surface area contributed by atoms with Gasteiger partial charge in [-0.15, -0.1) is 0 Å². The maximum Gasteiger partial charge on any atom is 0.326 e. The zero-order chi connectivity index (χ0) is 26.8. The van der Waals surface area contributed by atoms with Crippen molar-refractivity contribution in [2.75, 3.05) is 0 Å². The summed E-state index contributed by atoms with van der Waals surface area (Å²) in [5, 5.41) is 17.5. The molecular formula is C23H36N8O5. The third-order valence-corrected chi connectivity index (χ3v) is 5.57. The van der Waals surface area contributed by atoms with Crippen LogP contribution in [0.5, 0.6) is 0 Å². The molecule has 3 amide bonds. The number of nitrogens with zero attached hydrogens (tertiary/aromatic N) is 2. The van der Waals surface area contributed by atoms with Crippen LogP contribution in [0.3, 0.4) is 0 Å². The number of nitrogens with one attached hydrogen (secondary N) is 5. The molecule has 0 aliphatic rings. The van der Waals surface area contributed by atoms with Crippen LogP contribution < -0.4 is 21.7 Å². The zero-order valence-corrected chi connectivity index (χ0v) is 20.9. The van der Waals surface area contributed by atoms with E-state index < -0.39 is 47.9 Å². The van der Waals surface area contributed by atoms with Crippen LogP contribution in [0.25, 0.3) is 0 Å². The van der Waals surface area contributed by atoms with Gasteiger partial charge in [0.1, 0.15) is 18.1 Å². The van der Waals surface area contributed by atoms with E-state index in [0.717, 1.165) is 0 Å². The first-order valence-corrected chi connectivity index (χ1v) is 11.8. The standard InChI is InChI=1S/C23H36N8O5/c1-12(2)5-16(30-22(34)19(24)13(3)4)20(32)29-17(6-14-8-25-10-27-14)21(33)31-18(23(35)36)7-15-9-26-11-28-15/h8-13,16-19H,5-7,24H2,1-4H3,(H,25,27)(H,26,28)(H,29,32)(H,30,34)(H,31,33)(H,35,36). The summed E-state index contributed by atoms with van der Waals surface area (Å²) in [6, 6.07) is -4.11. The van der Waals surface area contributed by atoms with Gasteiger partial charge in [0.05, 0.1) is 18.7 Å². The number of carbonyl (C=O) groups is 4. The highest BCUT2D eigenvalue weighted by Crippen LogP contribution is 2.09. The van der Waals surface area contributed by atoms with Gasteiger partial charge >= 0.3 is 5.97 Å². The largest absolute Gasteiger partial charge is 0.480 e. The number of carbonyl (C=O) groups excluding carboxylic acids is 3. The Morgan fingerprint density at radius 3 is 1.75 bits per heavy atom. The number of nitrogens with two attached hydrogens (primary N) is 1. The van der Waals surface area contributed by atoms with Gasteiger partial charge in [0.25, 0.3) is 0 Å². The van der Waals surface area contributed by atoms with Crippen molar-refractivity contribution >= 4 is 23.7 Å². The van der Waals surface area contributed by atoms with Crippen molar-refractivity contribution in [1.29, 1.82) is 0 Å². The molecule has 0 bridgehead atoms. The normalized spacial score (nSPS) is 14.6. The molecule has 0 fully saturated rings. The van der Waals surface area contributed by atoms with Crippen LogP contribution in [-0.4, -0.2) is 72.9 Å². The molecule has 36 heavy (non-hydrogen) atoms. The highest BCUT2D eigenvalue weighted by molar-refractivity contribution is 5.94. The van der Waals surface area contributed by atoms with Gasteiger partial charge in [-0.25, -0.2) is 14.8 Å². The summed E-state index contributed by atoms with van der Waals surface area (Å²) in [7, 11) is 0. The number of H-pyrrole nitrogens is 2. The summed E-state index contributed by atoms with van der Waals surface area (Å²) in [4.78, 5) is 64.2. The Morgan fingerprint density at radius 2 is 1.31 bits per heavy atom. The quantitative estimate of drug-likeness (QED) is 0.178. The molecule has 0 saturated heterocycles.